The zero-order valence-corrected chi connectivity index (χ0v) is 8.43. The summed E-state index contributed by atoms with van der Waals surface area (Å²) in [4.78, 5) is 36.4. The van der Waals surface area contributed by atoms with Crippen LogP contribution in [0.3, 0.4) is 0 Å². The summed E-state index contributed by atoms with van der Waals surface area (Å²) in [5.74, 6) is -1.89. The summed E-state index contributed by atoms with van der Waals surface area (Å²) in [6, 6.07) is 3.39. The highest BCUT2D eigenvalue weighted by Gasteiger charge is 2.11. The summed E-state index contributed by atoms with van der Waals surface area (Å²) in [7, 11) is 0. The lowest BCUT2D eigenvalue weighted by Crippen LogP contribution is -2.15. The molecule has 2 rings (SSSR count). The molecular weight excluding hydrogens is 226 g/mol. The van der Waals surface area contributed by atoms with Crippen LogP contribution in [0.15, 0.2) is 34.0 Å². The van der Waals surface area contributed by atoms with Crippen LogP contribution < -0.4 is 10.9 Å². The van der Waals surface area contributed by atoms with Crippen molar-refractivity contribution in [3.63, 3.8) is 0 Å². The zero-order chi connectivity index (χ0) is 12.6. The van der Waals surface area contributed by atoms with Crippen LogP contribution in [0.2, 0.25) is 0 Å². The second-order valence-corrected chi connectivity index (χ2v) is 3.39. The predicted octanol–water partition coefficient (Wildman–Crippen LogP) is 0.292. The second-order valence-electron chi connectivity index (χ2n) is 3.39. The number of carboxylic acids is 1. The van der Waals surface area contributed by atoms with Crippen LogP contribution in [0, 0.1) is 0 Å². The minimum absolute atomic E-state index is 0.0739. The molecule has 1 heterocycles. The number of aromatic amines is 1. The number of fused-ring (bicyclic) bond motifs is 1. The van der Waals surface area contributed by atoms with Gasteiger partial charge < -0.3 is 15.2 Å². The van der Waals surface area contributed by atoms with Crippen LogP contribution in [-0.4, -0.2) is 21.2 Å². The molecule has 0 saturated carbocycles. The molecule has 1 aromatic carbocycles. The first kappa shape index (κ1) is 10.9. The Balaban J connectivity index is 3.01. The maximum Gasteiger partial charge on any atom is 0.341 e. The summed E-state index contributed by atoms with van der Waals surface area (Å²) >= 11 is 0. The second kappa shape index (κ2) is 3.75. The number of aromatic carboxylic acids is 1. The van der Waals surface area contributed by atoms with Crippen molar-refractivity contribution >= 4 is 16.9 Å². The average molecular weight is 233 g/mol. The van der Waals surface area contributed by atoms with Crippen LogP contribution in [-0.2, 0) is 0 Å². The number of carbonyl (C=O) groups is 1. The van der Waals surface area contributed by atoms with Crippen molar-refractivity contribution in [3.05, 3.63) is 50.4 Å². The molecule has 0 bridgehead atoms. The van der Waals surface area contributed by atoms with E-state index in [1.165, 1.54) is 6.07 Å². The van der Waals surface area contributed by atoms with E-state index in [2.05, 4.69) is 4.98 Å². The molecule has 3 N–H and O–H groups in total. The largest absolute Gasteiger partial charge is 0.504 e. The highest BCUT2D eigenvalue weighted by molar-refractivity contribution is 5.92. The fraction of sp³-hybridized carbons (Fsp3) is 0. The number of aromatic nitrogens is 1. The molecule has 6 heteroatoms. The number of pyridine rings is 1. The highest BCUT2D eigenvalue weighted by Crippen LogP contribution is 2.07. The summed E-state index contributed by atoms with van der Waals surface area (Å²) in [6.07, 6.45) is 1.05. The molecule has 0 aliphatic rings. The van der Waals surface area contributed by atoms with Crippen LogP contribution in [0.5, 0.6) is 5.75 Å². The third-order valence-corrected chi connectivity index (χ3v) is 2.32. The first-order chi connectivity index (χ1) is 8.00. The minimum Gasteiger partial charge on any atom is -0.504 e. The van der Waals surface area contributed by atoms with Gasteiger partial charge >= 0.3 is 5.97 Å². The number of carboxylic acid groups (broad SMARTS) is 1. The highest BCUT2D eigenvalue weighted by atomic mass is 16.4. The fourth-order valence-corrected chi connectivity index (χ4v) is 1.45. The summed E-state index contributed by atoms with van der Waals surface area (Å²) in [5, 5.41) is 17.9. The van der Waals surface area contributed by atoms with E-state index in [4.69, 9.17) is 5.11 Å². The monoisotopic (exact) mass is 233 g/mol. The van der Waals surface area contributed by atoms with Gasteiger partial charge in [0.2, 0.25) is 10.9 Å². The first-order valence-electron chi connectivity index (χ1n) is 4.62. The van der Waals surface area contributed by atoms with E-state index in [-0.39, 0.29) is 10.9 Å². The van der Waals surface area contributed by atoms with E-state index in [0.29, 0.717) is 0 Å². The van der Waals surface area contributed by atoms with Crippen molar-refractivity contribution in [2.45, 2.75) is 0 Å². The van der Waals surface area contributed by atoms with Gasteiger partial charge in [-0.25, -0.2) is 4.79 Å². The summed E-state index contributed by atoms with van der Waals surface area (Å²) in [6.45, 7) is 0. The van der Waals surface area contributed by atoms with Gasteiger partial charge in [-0.1, -0.05) is 0 Å². The first-order valence-corrected chi connectivity index (χ1v) is 4.62. The molecule has 0 amide bonds. The normalized spacial score (nSPS) is 10.4. The van der Waals surface area contributed by atoms with Gasteiger partial charge in [0.25, 0.3) is 0 Å². The average Bonchev–Trinajstić information content (AvgIpc) is 2.41. The Morgan fingerprint density at radius 2 is 1.94 bits per heavy atom. The van der Waals surface area contributed by atoms with Crippen LogP contribution in [0.1, 0.15) is 10.4 Å². The van der Waals surface area contributed by atoms with E-state index < -0.39 is 28.1 Å². The summed E-state index contributed by atoms with van der Waals surface area (Å²) in [5.41, 5.74) is -1.69. The van der Waals surface area contributed by atoms with Crippen LogP contribution in [0.4, 0.5) is 0 Å². The maximum absolute atomic E-state index is 11.8. The zero-order valence-electron chi connectivity index (χ0n) is 8.43. The number of hydrogen-bond donors (Lipinski definition) is 3. The molecule has 86 valence electrons. The SMILES string of the molecule is O=C(O)c1c[nH]c2ccc(O)c(=O)cc2c1=O. The minimum atomic E-state index is -1.38. The molecule has 0 unspecified atom stereocenters. The van der Waals surface area contributed by atoms with E-state index >= 15 is 0 Å². The molecule has 17 heavy (non-hydrogen) atoms. The molecule has 0 fully saturated rings. The van der Waals surface area contributed by atoms with Gasteiger partial charge in [0.15, 0.2) is 5.75 Å². The Hall–Kier alpha value is -2.63. The van der Waals surface area contributed by atoms with Gasteiger partial charge in [0.1, 0.15) is 5.56 Å². The topological polar surface area (TPSA) is 107 Å². The number of nitrogens with one attached hydrogen (secondary N) is 1. The number of H-pyrrole nitrogens is 1. The van der Waals surface area contributed by atoms with E-state index in [0.717, 1.165) is 18.3 Å². The molecule has 0 aliphatic carbocycles. The third kappa shape index (κ3) is 1.76. The Labute approximate surface area is 93.8 Å². The molecule has 6 nitrogen and oxygen atoms in total. The van der Waals surface area contributed by atoms with E-state index in [9.17, 15) is 19.5 Å². The maximum atomic E-state index is 11.8. The number of rotatable bonds is 1. The predicted molar refractivity (Wildman–Crippen MR) is 59.5 cm³/mol. The lowest BCUT2D eigenvalue weighted by molar-refractivity contribution is 0.0695. The standard InChI is InChI=1S/C11H7NO5/c13-8-2-1-7-5(3-9(8)14)10(15)6(4-12-7)11(16)17/h1-4H,(H,12,15)(H,13,14)(H,16,17). The quantitative estimate of drug-likeness (QED) is 0.656. The summed E-state index contributed by atoms with van der Waals surface area (Å²) < 4.78 is 0. The molecule has 2 aromatic rings. The van der Waals surface area contributed by atoms with Crippen LogP contribution >= 0.6 is 0 Å². The van der Waals surface area contributed by atoms with Crippen molar-refractivity contribution in [2.24, 2.45) is 0 Å². The molecule has 1 aromatic heterocycles. The Morgan fingerprint density at radius 3 is 2.59 bits per heavy atom. The fourth-order valence-electron chi connectivity index (χ4n) is 1.45. The molecule has 0 aliphatic heterocycles. The molecule has 0 saturated heterocycles. The Kier molecular flexibility index (Phi) is 2.40. The van der Waals surface area contributed by atoms with Crippen molar-refractivity contribution in [3.8, 4) is 5.75 Å². The van der Waals surface area contributed by atoms with E-state index in [1.54, 1.807) is 0 Å². The van der Waals surface area contributed by atoms with E-state index in [1.807, 2.05) is 0 Å². The number of hydrogen-bond acceptors (Lipinski definition) is 4. The van der Waals surface area contributed by atoms with Gasteiger partial charge in [-0.2, -0.15) is 0 Å². The van der Waals surface area contributed by atoms with Gasteiger partial charge in [-0.3, -0.25) is 9.59 Å². The van der Waals surface area contributed by atoms with Gasteiger partial charge in [0.05, 0.1) is 5.39 Å². The Bertz CT molecular complexity index is 732. The van der Waals surface area contributed by atoms with Crippen LogP contribution in [0.25, 0.3) is 10.9 Å². The van der Waals surface area contributed by atoms with Crippen molar-refractivity contribution < 1.29 is 15.0 Å². The third-order valence-electron chi connectivity index (χ3n) is 2.32. The molecule has 0 radical (unpaired) electrons. The van der Waals surface area contributed by atoms with Gasteiger partial charge in [-0.15, -0.1) is 0 Å². The van der Waals surface area contributed by atoms with Gasteiger partial charge in [-0.05, 0) is 12.1 Å². The molecular formula is C11H7NO5. The Morgan fingerprint density at radius 1 is 1.24 bits per heavy atom. The lowest BCUT2D eigenvalue weighted by Gasteiger charge is -1.95. The smallest absolute Gasteiger partial charge is 0.341 e. The number of aromatic hydroxyl groups is 1. The molecule has 0 atom stereocenters. The lowest BCUT2D eigenvalue weighted by atomic mass is 10.2. The molecule has 0 spiro atoms. The van der Waals surface area contributed by atoms with Gasteiger partial charge in [0, 0.05) is 17.8 Å². The van der Waals surface area contributed by atoms with Crippen molar-refractivity contribution in [1.82, 2.24) is 4.98 Å². The van der Waals surface area contributed by atoms with Crippen molar-refractivity contribution in [2.75, 3.05) is 0 Å². The van der Waals surface area contributed by atoms with Crippen molar-refractivity contribution in [1.29, 1.82) is 0 Å².